The molecule has 0 bridgehead atoms. The molecular weight excluding hydrogens is 174 g/mol. The standard InChI is InChI=1S/C11H15N3/c1-9(11(13)14-8-12)6-7-10-4-2-3-5-10/h2-4,8H,1,5-7H2,(H3,12,13,14). The van der Waals surface area contributed by atoms with E-state index >= 15 is 0 Å². The summed E-state index contributed by atoms with van der Waals surface area (Å²) in [6.45, 7) is 3.83. The quantitative estimate of drug-likeness (QED) is 0.505. The van der Waals surface area contributed by atoms with Gasteiger partial charge in [0, 0.05) is 0 Å². The fraction of sp³-hybridized carbons (Fsp3) is 0.273. The maximum atomic E-state index is 6.77. The Bertz CT molecular complexity index is 321. The number of hydrogen-bond acceptors (Lipinski definition) is 1. The van der Waals surface area contributed by atoms with E-state index in [4.69, 9.17) is 11.1 Å². The fourth-order valence-electron chi connectivity index (χ4n) is 1.28. The van der Waals surface area contributed by atoms with Crippen LogP contribution in [0.3, 0.4) is 0 Å². The number of amidine groups is 1. The molecule has 0 radical (unpaired) electrons. The van der Waals surface area contributed by atoms with E-state index in [1.807, 2.05) is 0 Å². The second kappa shape index (κ2) is 5.17. The molecule has 14 heavy (non-hydrogen) atoms. The van der Waals surface area contributed by atoms with Gasteiger partial charge >= 0.3 is 0 Å². The molecule has 1 aliphatic carbocycles. The molecule has 3 N–H and O–H groups in total. The summed E-state index contributed by atoms with van der Waals surface area (Å²) in [6.07, 6.45) is 10.1. The Morgan fingerprint density at radius 3 is 3.07 bits per heavy atom. The zero-order valence-electron chi connectivity index (χ0n) is 8.16. The number of hydrogen-bond donors (Lipinski definition) is 2. The molecule has 0 saturated carbocycles. The summed E-state index contributed by atoms with van der Waals surface area (Å²) in [5, 5.41) is 6.77. The lowest BCUT2D eigenvalue weighted by Gasteiger charge is -2.04. The molecule has 1 aliphatic rings. The van der Waals surface area contributed by atoms with Gasteiger partial charge in [-0.1, -0.05) is 30.4 Å². The summed E-state index contributed by atoms with van der Waals surface area (Å²) < 4.78 is 0. The van der Waals surface area contributed by atoms with Crippen LogP contribution in [0.1, 0.15) is 19.3 Å². The molecule has 3 nitrogen and oxygen atoms in total. The van der Waals surface area contributed by atoms with Crippen molar-refractivity contribution in [3.63, 3.8) is 0 Å². The van der Waals surface area contributed by atoms with E-state index in [0.29, 0.717) is 5.84 Å². The lowest BCUT2D eigenvalue weighted by Crippen LogP contribution is -2.14. The van der Waals surface area contributed by atoms with Crippen LogP contribution in [0, 0.1) is 5.41 Å². The first-order chi connectivity index (χ1) is 6.74. The van der Waals surface area contributed by atoms with Gasteiger partial charge in [-0.15, -0.1) is 0 Å². The number of rotatable bonds is 5. The highest BCUT2D eigenvalue weighted by atomic mass is 14.9. The Labute approximate surface area is 84.2 Å². The van der Waals surface area contributed by atoms with Gasteiger partial charge in [-0.05, 0) is 24.8 Å². The van der Waals surface area contributed by atoms with Gasteiger partial charge in [-0.3, -0.25) is 5.41 Å². The van der Waals surface area contributed by atoms with Crippen LogP contribution in [0.5, 0.6) is 0 Å². The monoisotopic (exact) mass is 189 g/mol. The Kier molecular flexibility index (Phi) is 3.85. The highest BCUT2D eigenvalue weighted by Gasteiger charge is 2.03. The van der Waals surface area contributed by atoms with Crippen LogP contribution in [0.2, 0.25) is 0 Å². The van der Waals surface area contributed by atoms with Crippen molar-refractivity contribution in [1.29, 1.82) is 5.41 Å². The average molecular weight is 189 g/mol. The average Bonchev–Trinajstić information content (AvgIpc) is 2.67. The topological polar surface area (TPSA) is 62.2 Å². The molecule has 0 atom stereocenters. The van der Waals surface area contributed by atoms with Crippen LogP contribution >= 0.6 is 0 Å². The van der Waals surface area contributed by atoms with Crippen molar-refractivity contribution >= 4 is 12.2 Å². The highest BCUT2D eigenvalue weighted by Crippen LogP contribution is 2.18. The molecular formula is C11H15N3. The second-order valence-electron chi connectivity index (χ2n) is 3.20. The second-order valence-corrected chi connectivity index (χ2v) is 3.20. The van der Waals surface area contributed by atoms with Crippen molar-refractivity contribution in [2.75, 3.05) is 0 Å². The molecule has 0 aromatic heterocycles. The number of aliphatic imine (C=N–C) groups is 1. The van der Waals surface area contributed by atoms with Crippen LogP contribution in [0.25, 0.3) is 0 Å². The van der Waals surface area contributed by atoms with Gasteiger partial charge in [0.25, 0.3) is 0 Å². The molecule has 3 heteroatoms. The summed E-state index contributed by atoms with van der Waals surface area (Å²) in [5.74, 6) is 0.367. The number of nitrogens with one attached hydrogen (secondary N) is 1. The van der Waals surface area contributed by atoms with Crippen LogP contribution in [-0.4, -0.2) is 12.2 Å². The van der Waals surface area contributed by atoms with Gasteiger partial charge in [-0.2, -0.15) is 0 Å². The molecule has 0 aromatic rings. The molecule has 0 amide bonds. The van der Waals surface area contributed by atoms with Gasteiger partial charge < -0.3 is 5.73 Å². The maximum absolute atomic E-state index is 6.77. The Morgan fingerprint density at radius 1 is 1.71 bits per heavy atom. The number of nitrogens with zero attached hydrogens (tertiary/aromatic N) is 1. The molecule has 0 heterocycles. The first-order valence-electron chi connectivity index (χ1n) is 4.59. The van der Waals surface area contributed by atoms with Gasteiger partial charge in [0.1, 0.15) is 12.2 Å². The zero-order valence-corrected chi connectivity index (χ0v) is 8.16. The van der Waals surface area contributed by atoms with Gasteiger partial charge in [0.15, 0.2) is 0 Å². The van der Waals surface area contributed by atoms with Crippen molar-refractivity contribution in [2.24, 2.45) is 10.7 Å². The molecule has 0 aromatic carbocycles. The third-order valence-electron chi connectivity index (χ3n) is 2.16. The van der Waals surface area contributed by atoms with E-state index in [0.717, 1.165) is 31.2 Å². The van der Waals surface area contributed by atoms with E-state index in [9.17, 15) is 0 Å². The van der Waals surface area contributed by atoms with E-state index in [1.54, 1.807) is 0 Å². The number of nitrogens with two attached hydrogens (primary N) is 1. The predicted octanol–water partition coefficient (Wildman–Crippen LogP) is 2.17. The van der Waals surface area contributed by atoms with E-state index in [-0.39, 0.29) is 0 Å². The molecule has 0 aliphatic heterocycles. The summed E-state index contributed by atoms with van der Waals surface area (Å²) in [7, 11) is 0. The highest BCUT2D eigenvalue weighted by molar-refractivity contribution is 6.00. The van der Waals surface area contributed by atoms with Crippen molar-refractivity contribution < 1.29 is 0 Å². The molecule has 0 fully saturated rings. The van der Waals surface area contributed by atoms with E-state index < -0.39 is 0 Å². The molecule has 0 saturated heterocycles. The summed E-state index contributed by atoms with van der Waals surface area (Å²) in [5.41, 5.74) is 7.78. The van der Waals surface area contributed by atoms with Crippen LogP contribution in [0.15, 0.2) is 40.9 Å². The molecule has 0 unspecified atom stereocenters. The predicted molar refractivity (Wildman–Crippen MR) is 60.6 cm³/mol. The molecule has 1 rings (SSSR count). The minimum atomic E-state index is 0.367. The lowest BCUT2D eigenvalue weighted by atomic mass is 10.0. The third kappa shape index (κ3) is 3.01. The van der Waals surface area contributed by atoms with Crippen LogP contribution in [-0.2, 0) is 0 Å². The fourth-order valence-corrected chi connectivity index (χ4v) is 1.28. The van der Waals surface area contributed by atoms with Crippen molar-refractivity contribution in [1.82, 2.24) is 0 Å². The van der Waals surface area contributed by atoms with Gasteiger partial charge in [0.2, 0.25) is 0 Å². The van der Waals surface area contributed by atoms with Crippen LogP contribution in [0.4, 0.5) is 0 Å². The van der Waals surface area contributed by atoms with E-state index in [1.165, 1.54) is 5.57 Å². The minimum Gasteiger partial charge on any atom is -0.383 e. The number of allylic oxidation sites excluding steroid dienone is 4. The smallest absolute Gasteiger partial charge is 0.127 e. The third-order valence-corrected chi connectivity index (χ3v) is 2.16. The summed E-state index contributed by atoms with van der Waals surface area (Å²) in [6, 6.07) is 0. The zero-order chi connectivity index (χ0) is 10.4. The molecule has 0 spiro atoms. The van der Waals surface area contributed by atoms with Crippen molar-refractivity contribution in [3.05, 3.63) is 36.0 Å². The first-order valence-corrected chi connectivity index (χ1v) is 4.59. The van der Waals surface area contributed by atoms with Gasteiger partial charge in [0.05, 0.1) is 0 Å². The van der Waals surface area contributed by atoms with Gasteiger partial charge in [-0.25, -0.2) is 4.99 Å². The first kappa shape index (κ1) is 10.4. The maximum Gasteiger partial charge on any atom is 0.127 e. The summed E-state index contributed by atoms with van der Waals surface area (Å²) in [4.78, 5) is 3.67. The SMILES string of the molecule is C=C(CCC1=CC=CC1)/C(N)=N\C=N. The Morgan fingerprint density at radius 2 is 2.50 bits per heavy atom. The molecule has 74 valence electrons. The normalized spacial score (nSPS) is 15.4. The lowest BCUT2D eigenvalue weighted by molar-refractivity contribution is 0.932. The minimum absolute atomic E-state index is 0.367. The Hall–Kier alpha value is -1.64. The largest absolute Gasteiger partial charge is 0.383 e. The van der Waals surface area contributed by atoms with Crippen molar-refractivity contribution in [2.45, 2.75) is 19.3 Å². The van der Waals surface area contributed by atoms with Crippen LogP contribution < -0.4 is 5.73 Å². The summed E-state index contributed by atoms with van der Waals surface area (Å²) >= 11 is 0. The van der Waals surface area contributed by atoms with Crippen molar-refractivity contribution in [3.8, 4) is 0 Å². The van der Waals surface area contributed by atoms with E-state index in [2.05, 4.69) is 29.8 Å². The Balaban J connectivity index is 2.34.